The minimum absolute atomic E-state index is 0.0579. The first-order valence-electron chi connectivity index (χ1n) is 11.2. The molecule has 0 bridgehead atoms. The van der Waals surface area contributed by atoms with Crippen molar-refractivity contribution in [2.45, 2.75) is 4.90 Å². The molecule has 0 fully saturated rings. The molecule has 0 unspecified atom stereocenters. The predicted octanol–water partition coefficient (Wildman–Crippen LogP) is 6.03. The summed E-state index contributed by atoms with van der Waals surface area (Å²) in [5.74, 6) is -1.69. The van der Waals surface area contributed by atoms with Gasteiger partial charge in [-0.1, -0.05) is 42.5 Å². The number of rotatable bonds is 9. The van der Waals surface area contributed by atoms with Gasteiger partial charge in [0.1, 0.15) is 11.5 Å². The first-order valence-corrected chi connectivity index (χ1v) is 13.0. The summed E-state index contributed by atoms with van der Waals surface area (Å²) in [6, 6.07) is 25.3. The van der Waals surface area contributed by atoms with Gasteiger partial charge in [-0.05, 0) is 60.0 Å². The Labute approximate surface area is 221 Å². The molecule has 0 spiro atoms. The van der Waals surface area contributed by atoms with Gasteiger partial charge in [0.15, 0.2) is 0 Å². The second-order valence-electron chi connectivity index (χ2n) is 7.69. The maximum absolute atomic E-state index is 13.8. The van der Waals surface area contributed by atoms with E-state index in [0.29, 0.717) is 11.3 Å². The van der Waals surface area contributed by atoms with Crippen LogP contribution in [0.15, 0.2) is 107 Å². The highest BCUT2D eigenvalue weighted by atomic mass is 32.2. The van der Waals surface area contributed by atoms with Crippen LogP contribution in [0.25, 0.3) is 6.08 Å². The van der Waals surface area contributed by atoms with Crippen LogP contribution in [-0.4, -0.2) is 23.5 Å². The molecule has 9 heteroatoms. The van der Waals surface area contributed by atoms with Crippen molar-refractivity contribution in [3.8, 4) is 0 Å². The van der Waals surface area contributed by atoms with Crippen LogP contribution in [0.4, 0.5) is 15.8 Å². The number of amides is 3. The van der Waals surface area contributed by atoms with Crippen LogP contribution in [0.2, 0.25) is 0 Å². The van der Waals surface area contributed by atoms with Gasteiger partial charge < -0.3 is 16.0 Å². The van der Waals surface area contributed by atoms with Crippen LogP contribution in [0.3, 0.4) is 0 Å². The van der Waals surface area contributed by atoms with E-state index in [0.717, 1.165) is 9.77 Å². The lowest BCUT2D eigenvalue weighted by Crippen LogP contribution is -2.30. The van der Waals surface area contributed by atoms with Gasteiger partial charge in [-0.15, -0.1) is 23.1 Å². The zero-order valence-corrected chi connectivity index (χ0v) is 21.1. The molecule has 3 N–H and O–H groups in total. The van der Waals surface area contributed by atoms with Gasteiger partial charge in [0.2, 0.25) is 5.91 Å². The number of anilines is 2. The topological polar surface area (TPSA) is 87.3 Å². The molecule has 0 saturated carbocycles. The van der Waals surface area contributed by atoms with E-state index in [2.05, 4.69) is 16.0 Å². The fourth-order valence-corrected chi connectivity index (χ4v) is 4.63. The van der Waals surface area contributed by atoms with Gasteiger partial charge in [-0.2, -0.15) is 0 Å². The number of hydrogen-bond acceptors (Lipinski definition) is 5. The molecule has 4 aromatic rings. The Morgan fingerprint density at radius 2 is 1.65 bits per heavy atom. The molecule has 6 nitrogen and oxygen atoms in total. The van der Waals surface area contributed by atoms with E-state index in [-0.39, 0.29) is 23.0 Å². The Kier molecular flexibility index (Phi) is 8.85. The second kappa shape index (κ2) is 12.7. The summed E-state index contributed by atoms with van der Waals surface area (Å²) in [4.78, 5) is 39.6. The number of thiophene rings is 1. The summed E-state index contributed by atoms with van der Waals surface area (Å²) in [7, 11) is 0. The van der Waals surface area contributed by atoms with E-state index >= 15 is 0 Å². The number of nitrogens with one attached hydrogen (secondary N) is 3. The van der Waals surface area contributed by atoms with Gasteiger partial charge in [0.05, 0.1) is 11.4 Å². The molecular formula is C28H22FN3O3S2. The van der Waals surface area contributed by atoms with Crippen LogP contribution in [0, 0.1) is 5.82 Å². The zero-order valence-electron chi connectivity index (χ0n) is 19.4. The van der Waals surface area contributed by atoms with Gasteiger partial charge in [-0.3, -0.25) is 14.4 Å². The SMILES string of the molecule is O=C(CSc1cccc(NC(=O)/C(=C/c2cccs2)NC(=O)c2ccccc2)c1)Nc1ccccc1F. The molecule has 0 radical (unpaired) electrons. The lowest BCUT2D eigenvalue weighted by molar-refractivity contribution is -0.114. The van der Waals surface area contributed by atoms with Crippen molar-refractivity contribution >= 4 is 58.3 Å². The third-order valence-corrected chi connectivity index (χ3v) is 6.78. The number of benzene rings is 3. The van der Waals surface area contributed by atoms with Gasteiger partial charge in [0, 0.05) is 21.0 Å². The van der Waals surface area contributed by atoms with Crippen LogP contribution in [-0.2, 0) is 9.59 Å². The fourth-order valence-electron chi connectivity index (χ4n) is 3.22. The summed E-state index contributed by atoms with van der Waals surface area (Å²) in [6.45, 7) is 0. The molecule has 3 amide bonds. The minimum atomic E-state index is -0.503. The van der Waals surface area contributed by atoms with Crippen LogP contribution < -0.4 is 16.0 Å². The maximum Gasteiger partial charge on any atom is 0.272 e. The zero-order chi connectivity index (χ0) is 26.0. The lowest BCUT2D eigenvalue weighted by atomic mass is 10.2. The van der Waals surface area contributed by atoms with E-state index in [9.17, 15) is 18.8 Å². The third-order valence-electron chi connectivity index (χ3n) is 4.97. The predicted molar refractivity (Wildman–Crippen MR) is 147 cm³/mol. The molecule has 4 rings (SSSR count). The van der Waals surface area contributed by atoms with Crippen molar-refractivity contribution in [2.75, 3.05) is 16.4 Å². The average Bonchev–Trinajstić information content (AvgIpc) is 3.42. The molecule has 0 aliphatic rings. The van der Waals surface area contributed by atoms with Crippen molar-refractivity contribution in [3.05, 3.63) is 118 Å². The van der Waals surface area contributed by atoms with Gasteiger partial charge >= 0.3 is 0 Å². The number of thioether (sulfide) groups is 1. The first-order chi connectivity index (χ1) is 18.0. The maximum atomic E-state index is 13.8. The van der Waals surface area contributed by atoms with Crippen molar-refractivity contribution < 1.29 is 18.8 Å². The van der Waals surface area contributed by atoms with E-state index in [1.54, 1.807) is 72.8 Å². The van der Waals surface area contributed by atoms with E-state index in [1.807, 2.05) is 17.5 Å². The van der Waals surface area contributed by atoms with E-state index < -0.39 is 17.6 Å². The molecule has 1 heterocycles. The molecule has 1 aromatic heterocycles. The van der Waals surface area contributed by atoms with E-state index in [4.69, 9.17) is 0 Å². The number of hydrogen-bond donors (Lipinski definition) is 3. The molecule has 0 aliphatic heterocycles. The summed E-state index contributed by atoms with van der Waals surface area (Å²) in [6.07, 6.45) is 1.62. The number of halogens is 1. The molecule has 186 valence electrons. The Hall–Kier alpha value is -4.21. The standard InChI is InChI=1S/C28H22FN3O3S2/c29-23-13-4-5-14-24(23)31-26(33)18-37-21-11-6-10-20(16-21)30-28(35)25(17-22-12-7-15-36-22)32-27(34)19-8-2-1-3-9-19/h1-17H,18H2,(H,30,35)(H,31,33)(H,32,34)/b25-17-. The molecule has 37 heavy (non-hydrogen) atoms. The molecule has 3 aromatic carbocycles. The highest BCUT2D eigenvalue weighted by Gasteiger charge is 2.16. The van der Waals surface area contributed by atoms with Crippen molar-refractivity contribution in [1.82, 2.24) is 5.32 Å². The van der Waals surface area contributed by atoms with Gasteiger partial charge in [-0.25, -0.2) is 4.39 Å². The average molecular weight is 532 g/mol. The van der Waals surface area contributed by atoms with Crippen LogP contribution >= 0.6 is 23.1 Å². The summed E-state index contributed by atoms with van der Waals surface area (Å²) in [5, 5.41) is 9.93. The monoisotopic (exact) mass is 531 g/mol. The molecular weight excluding hydrogens is 509 g/mol. The Morgan fingerprint density at radius 3 is 2.41 bits per heavy atom. The number of carbonyl (C=O) groups excluding carboxylic acids is 3. The fraction of sp³-hybridized carbons (Fsp3) is 0.0357. The van der Waals surface area contributed by atoms with Crippen LogP contribution in [0.5, 0.6) is 0 Å². The highest BCUT2D eigenvalue weighted by Crippen LogP contribution is 2.23. The molecule has 0 saturated heterocycles. The lowest BCUT2D eigenvalue weighted by Gasteiger charge is -2.12. The summed E-state index contributed by atoms with van der Waals surface area (Å²) in [5.41, 5.74) is 1.14. The van der Waals surface area contributed by atoms with Gasteiger partial charge in [0.25, 0.3) is 11.8 Å². The first kappa shape index (κ1) is 25.9. The van der Waals surface area contributed by atoms with Crippen molar-refractivity contribution in [1.29, 1.82) is 0 Å². The molecule has 0 atom stereocenters. The minimum Gasteiger partial charge on any atom is -0.323 e. The normalized spacial score (nSPS) is 11.0. The Bertz CT molecular complexity index is 1420. The quantitative estimate of drug-likeness (QED) is 0.182. The van der Waals surface area contributed by atoms with Crippen molar-refractivity contribution in [3.63, 3.8) is 0 Å². The molecule has 0 aliphatic carbocycles. The number of para-hydroxylation sites is 1. The smallest absolute Gasteiger partial charge is 0.272 e. The van der Waals surface area contributed by atoms with Crippen LogP contribution in [0.1, 0.15) is 15.2 Å². The van der Waals surface area contributed by atoms with Crippen molar-refractivity contribution in [2.24, 2.45) is 0 Å². The second-order valence-corrected chi connectivity index (χ2v) is 9.72. The Morgan fingerprint density at radius 1 is 0.865 bits per heavy atom. The summed E-state index contributed by atoms with van der Waals surface area (Å²) < 4.78 is 13.8. The Balaban J connectivity index is 1.42. The number of carbonyl (C=O) groups is 3. The largest absolute Gasteiger partial charge is 0.323 e. The highest BCUT2D eigenvalue weighted by molar-refractivity contribution is 8.00. The van der Waals surface area contributed by atoms with E-state index in [1.165, 1.54) is 35.2 Å². The third kappa shape index (κ3) is 7.63. The summed E-state index contributed by atoms with van der Waals surface area (Å²) >= 11 is 2.69.